The Labute approximate surface area is 173 Å². The van der Waals surface area contributed by atoms with Gasteiger partial charge in [0.25, 0.3) is 11.8 Å². The van der Waals surface area contributed by atoms with E-state index in [1.165, 1.54) is 18.0 Å². The molecule has 0 aromatic carbocycles. The number of nitrogens with zero attached hydrogens (tertiary/aromatic N) is 3. The summed E-state index contributed by atoms with van der Waals surface area (Å²) in [5, 5.41) is 2.62. The third-order valence-corrected chi connectivity index (χ3v) is 5.77. The summed E-state index contributed by atoms with van der Waals surface area (Å²) in [5.41, 5.74) is -0.580. The Kier molecular flexibility index (Phi) is 6.07. The van der Waals surface area contributed by atoms with E-state index in [1.54, 1.807) is 19.2 Å². The Morgan fingerprint density at radius 3 is 2.66 bits per heavy atom. The highest BCUT2D eigenvalue weighted by Gasteiger charge is 2.56. The molecule has 1 aliphatic carbocycles. The van der Waals surface area contributed by atoms with Gasteiger partial charge in [0.2, 0.25) is 0 Å². The molecule has 2 aliphatic rings. The molecule has 3 rings (SSSR count). The molecule has 1 spiro atoms. The predicted molar refractivity (Wildman–Crippen MR) is 104 cm³/mol. The number of anilines is 1. The number of ether oxygens (including phenoxy) is 1. The van der Waals surface area contributed by atoms with Crippen LogP contribution in [0.15, 0.2) is 18.3 Å². The normalized spacial score (nSPS) is 19.4. The lowest BCUT2D eigenvalue weighted by atomic mass is 9.81. The van der Waals surface area contributed by atoms with Crippen molar-refractivity contribution in [1.29, 1.82) is 0 Å². The number of imide groups is 1. The van der Waals surface area contributed by atoms with Gasteiger partial charge in [-0.2, -0.15) is 0 Å². The van der Waals surface area contributed by atoms with Gasteiger partial charge in [-0.05, 0) is 31.9 Å². The van der Waals surface area contributed by atoms with E-state index in [1.807, 2.05) is 0 Å². The number of amides is 4. The highest BCUT2D eigenvalue weighted by atomic mass is 35.5. The summed E-state index contributed by atoms with van der Waals surface area (Å²) in [4.78, 5) is 56.2. The van der Waals surface area contributed by atoms with Gasteiger partial charge in [-0.25, -0.2) is 9.78 Å². The first kappa shape index (κ1) is 21.0. The van der Waals surface area contributed by atoms with Crippen LogP contribution in [0, 0.1) is 0 Å². The van der Waals surface area contributed by atoms with Crippen molar-refractivity contribution in [2.24, 2.45) is 0 Å². The fourth-order valence-corrected chi connectivity index (χ4v) is 3.97. The van der Waals surface area contributed by atoms with E-state index in [-0.39, 0.29) is 16.7 Å². The summed E-state index contributed by atoms with van der Waals surface area (Å²) in [7, 11) is 1.59. The van der Waals surface area contributed by atoms with Gasteiger partial charge < -0.3 is 15.0 Å². The van der Waals surface area contributed by atoms with Gasteiger partial charge in [0.05, 0.1) is 5.69 Å². The average Bonchev–Trinajstić information content (AvgIpc) is 2.86. The fourth-order valence-electron chi connectivity index (χ4n) is 3.80. The number of aromatic nitrogens is 1. The lowest BCUT2D eigenvalue weighted by Crippen LogP contribution is -2.49. The molecule has 2 fully saturated rings. The van der Waals surface area contributed by atoms with Gasteiger partial charge in [-0.3, -0.25) is 19.3 Å². The molecule has 0 radical (unpaired) electrons. The average molecular weight is 423 g/mol. The van der Waals surface area contributed by atoms with E-state index in [4.69, 9.17) is 16.3 Å². The quantitative estimate of drug-likeness (QED) is 0.442. The van der Waals surface area contributed by atoms with Crippen LogP contribution < -0.4 is 5.32 Å². The number of hydrogen-bond donors (Lipinski definition) is 1. The van der Waals surface area contributed by atoms with Crippen molar-refractivity contribution in [2.75, 3.05) is 18.9 Å². The van der Waals surface area contributed by atoms with Crippen LogP contribution in [0.25, 0.3) is 0 Å². The van der Waals surface area contributed by atoms with Gasteiger partial charge in [0, 0.05) is 13.2 Å². The van der Waals surface area contributed by atoms with Gasteiger partial charge in [-0.1, -0.05) is 30.9 Å². The first-order chi connectivity index (χ1) is 13.8. The zero-order valence-corrected chi connectivity index (χ0v) is 17.1. The number of urea groups is 1. The molecule has 1 aliphatic heterocycles. The SMILES string of the molecule is C[C@@H](OC(=O)CN1C(=O)N(C)C2(CCCCC2)C1=O)C(=O)Nc1cccnc1Cl. The first-order valence-corrected chi connectivity index (χ1v) is 9.84. The van der Waals surface area contributed by atoms with Gasteiger partial charge >= 0.3 is 12.0 Å². The van der Waals surface area contributed by atoms with Gasteiger partial charge in [0.15, 0.2) is 11.3 Å². The molecule has 1 saturated carbocycles. The van der Waals surface area contributed by atoms with E-state index in [9.17, 15) is 19.2 Å². The molecule has 9 nitrogen and oxygen atoms in total. The molecule has 0 unspecified atom stereocenters. The van der Waals surface area contributed by atoms with Crippen molar-refractivity contribution in [1.82, 2.24) is 14.8 Å². The standard InChI is InChI=1S/C19H23ClN4O5/c1-12(16(26)22-13-7-6-10-21-15(13)20)29-14(25)11-24-17(27)19(23(2)18(24)28)8-4-3-5-9-19/h6-7,10,12H,3-5,8-9,11H2,1-2H3,(H,22,26)/t12-/m1/s1. The molecule has 1 saturated heterocycles. The molecule has 1 atom stereocenters. The maximum absolute atomic E-state index is 12.9. The van der Waals surface area contributed by atoms with Crippen molar-refractivity contribution in [2.45, 2.75) is 50.7 Å². The number of esters is 1. The van der Waals surface area contributed by atoms with Crippen LogP contribution in [0.2, 0.25) is 5.15 Å². The fraction of sp³-hybridized carbons (Fsp3) is 0.526. The van der Waals surface area contributed by atoms with Crippen LogP contribution in [0.5, 0.6) is 0 Å². The smallest absolute Gasteiger partial charge is 0.327 e. The molecule has 2 heterocycles. The van der Waals surface area contributed by atoms with Crippen molar-refractivity contribution < 1.29 is 23.9 Å². The number of nitrogens with one attached hydrogen (secondary N) is 1. The molecule has 29 heavy (non-hydrogen) atoms. The highest BCUT2D eigenvalue weighted by molar-refractivity contribution is 6.32. The molecule has 156 valence electrons. The molecule has 0 bridgehead atoms. The minimum Gasteiger partial charge on any atom is -0.451 e. The largest absolute Gasteiger partial charge is 0.451 e. The number of carbonyl (C=O) groups is 4. The van der Waals surface area contributed by atoms with Crippen LogP contribution in [-0.4, -0.2) is 63.8 Å². The number of likely N-dealkylation sites (N-methyl/N-ethyl adjacent to an activating group) is 1. The Morgan fingerprint density at radius 1 is 1.31 bits per heavy atom. The van der Waals surface area contributed by atoms with E-state index < -0.39 is 36.1 Å². The number of rotatable bonds is 5. The summed E-state index contributed by atoms with van der Waals surface area (Å²) in [5.74, 6) is -1.82. The van der Waals surface area contributed by atoms with Gasteiger partial charge in [0.1, 0.15) is 12.1 Å². The Balaban J connectivity index is 1.60. The van der Waals surface area contributed by atoms with Crippen molar-refractivity contribution in [3.8, 4) is 0 Å². The van der Waals surface area contributed by atoms with E-state index in [0.717, 1.165) is 24.2 Å². The number of hydrogen-bond acceptors (Lipinski definition) is 6. The predicted octanol–water partition coefficient (Wildman–Crippen LogP) is 2.20. The lowest BCUT2D eigenvalue weighted by Gasteiger charge is -2.35. The molecule has 10 heteroatoms. The molecular weight excluding hydrogens is 400 g/mol. The molecule has 4 amide bonds. The van der Waals surface area contributed by atoms with Crippen LogP contribution >= 0.6 is 11.6 Å². The topological polar surface area (TPSA) is 109 Å². The zero-order valence-electron chi connectivity index (χ0n) is 16.3. The number of carbonyl (C=O) groups excluding carboxylic acids is 4. The van der Waals surface area contributed by atoms with Crippen LogP contribution in [-0.2, 0) is 19.1 Å². The second-order valence-electron chi connectivity index (χ2n) is 7.29. The molecule has 1 N–H and O–H groups in total. The lowest BCUT2D eigenvalue weighted by molar-refractivity contribution is -0.155. The van der Waals surface area contributed by atoms with Crippen molar-refractivity contribution in [3.05, 3.63) is 23.5 Å². The van der Waals surface area contributed by atoms with Crippen LogP contribution in [0.3, 0.4) is 0 Å². The molecular formula is C19H23ClN4O5. The minimum absolute atomic E-state index is 0.105. The summed E-state index contributed by atoms with van der Waals surface area (Å²) in [6, 6.07) is 2.64. The second kappa shape index (κ2) is 8.36. The Bertz CT molecular complexity index is 840. The number of halogens is 1. The zero-order chi connectivity index (χ0) is 21.2. The van der Waals surface area contributed by atoms with Crippen LogP contribution in [0.1, 0.15) is 39.0 Å². The molecule has 1 aromatic rings. The third-order valence-electron chi connectivity index (χ3n) is 5.47. The molecule has 1 aromatic heterocycles. The van der Waals surface area contributed by atoms with E-state index >= 15 is 0 Å². The van der Waals surface area contributed by atoms with Crippen molar-refractivity contribution >= 4 is 41.1 Å². The first-order valence-electron chi connectivity index (χ1n) is 9.47. The van der Waals surface area contributed by atoms with E-state index in [2.05, 4.69) is 10.3 Å². The highest BCUT2D eigenvalue weighted by Crippen LogP contribution is 2.39. The third kappa shape index (κ3) is 4.05. The number of pyridine rings is 1. The maximum atomic E-state index is 12.9. The summed E-state index contributed by atoms with van der Waals surface area (Å²) in [6.45, 7) is 0.856. The maximum Gasteiger partial charge on any atom is 0.327 e. The van der Waals surface area contributed by atoms with Crippen LogP contribution in [0.4, 0.5) is 10.5 Å². The van der Waals surface area contributed by atoms with Crippen molar-refractivity contribution in [3.63, 3.8) is 0 Å². The second-order valence-corrected chi connectivity index (χ2v) is 7.65. The summed E-state index contributed by atoms with van der Waals surface area (Å²) >= 11 is 5.89. The summed E-state index contributed by atoms with van der Waals surface area (Å²) < 4.78 is 5.11. The van der Waals surface area contributed by atoms with E-state index in [0.29, 0.717) is 12.8 Å². The minimum atomic E-state index is -1.15. The monoisotopic (exact) mass is 422 g/mol. The Hall–Kier alpha value is -2.68. The Morgan fingerprint density at radius 2 is 2.00 bits per heavy atom. The van der Waals surface area contributed by atoms with Gasteiger partial charge in [-0.15, -0.1) is 0 Å². The summed E-state index contributed by atoms with van der Waals surface area (Å²) in [6.07, 6.45) is 4.24.